The van der Waals surface area contributed by atoms with E-state index in [1.807, 2.05) is 47.2 Å². The maximum Gasteiger partial charge on any atom is 0.124 e. The van der Waals surface area contributed by atoms with Crippen LogP contribution in [0.2, 0.25) is 0 Å². The molecular formula is C15H13N3O. The molecule has 0 aliphatic rings. The Kier molecular flexibility index (Phi) is 2.49. The van der Waals surface area contributed by atoms with Crippen LogP contribution in [0.3, 0.4) is 0 Å². The molecule has 0 fully saturated rings. The number of amidine groups is 1. The van der Waals surface area contributed by atoms with E-state index in [-0.39, 0.29) is 11.6 Å². The van der Waals surface area contributed by atoms with Crippen LogP contribution in [0.15, 0.2) is 54.7 Å². The molecule has 0 amide bonds. The van der Waals surface area contributed by atoms with Gasteiger partial charge in [0.25, 0.3) is 0 Å². The van der Waals surface area contributed by atoms with Crippen molar-refractivity contribution in [2.45, 2.75) is 0 Å². The van der Waals surface area contributed by atoms with Gasteiger partial charge < -0.3 is 15.4 Å². The molecule has 0 unspecified atom stereocenters. The Morgan fingerprint density at radius 2 is 1.74 bits per heavy atom. The normalized spacial score (nSPS) is 10.7. The summed E-state index contributed by atoms with van der Waals surface area (Å²) in [6.07, 6.45) is 1.85. The maximum absolute atomic E-state index is 9.35. The SMILES string of the molecule is N=C(N)c1cn(-c2ccc(O)cc2)c2ccccc12. The lowest BCUT2D eigenvalue weighted by Gasteiger charge is -2.05. The second-order valence-corrected chi connectivity index (χ2v) is 4.36. The van der Waals surface area contributed by atoms with Crippen LogP contribution in [-0.2, 0) is 0 Å². The number of para-hydroxylation sites is 1. The molecule has 0 spiro atoms. The summed E-state index contributed by atoms with van der Waals surface area (Å²) >= 11 is 0. The molecule has 4 N–H and O–H groups in total. The van der Waals surface area contributed by atoms with E-state index in [0.717, 1.165) is 16.6 Å². The van der Waals surface area contributed by atoms with Crippen LogP contribution in [0.4, 0.5) is 0 Å². The fourth-order valence-corrected chi connectivity index (χ4v) is 2.22. The topological polar surface area (TPSA) is 75.0 Å². The molecule has 3 aromatic rings. The summed E-state index contributed by atoms with van der Waals surface area (Å²) in [6, 6.07) is 14.7. The second-order valence-electron chi connectivity index (χ2n) is 4.36. The van der Waals surface area contributed by atoms with Crippen molar-refractivity contribution in [3.05, 3.63) is 60.3 Å². The van der Waals surface area contributed by atoms with Gasteiger partial charge in [-0.05, 0) is 30.3 Å². The van der Waals surface area contributed by atoms with E-state index < -0.39 is 0 Å². The molecule has 1 aromatic heterocycles. The lowest BCUT2D eigenvalue weighted by Crippen LogP contribution is -2.10. The molecule has 0 saturated carbocycles. The molecular weight excluding hydrogens is 238 g/mol. The van der Waals surface area contributed by atoms with E-state index in [1.54, 1.807) is 12.1 Å². The van der Waals surface area contributed by atoms with Crippen molar-refractivity contribution < 1.29 is 5.11 Å². The van der Waals surface area contributed by atoms with Crippen molar-refractivity contribution in [2.75, 3.05) is 0 Å². The highest BCUT2D eigenvalue weighted by atomic mass is 16.3. The van der Waals surface area contributed by atoms with Crippen LogP contribution in [0.25, 0.3) is 16.6 Å². The van der Waals surface area contributed by atoms with Crippen molar-refractivity contribution in [3.63, 3.8) is 0 Å². The third-order valence-corrected chi connectivity index (χ3v) is 3.13. The summed E-state index contributed by atoms with van der Waals surface area (Å²) in [5.41, 5.74) is 8.24. The van der Waals surface area contributed by atoms with Crippen LogP contribution in [0, 0.1) is 5.41 Å². The fraction of sp³-hybridized carbons (Fsp3) is 0. The fourth-order valence-electron chi connectivity index (χ4n) is 2.22. The minimum Gasteiger partial charge on any atom is -0.508 e. The molecule has 0 saturated heterocycles. The van der Waals surface area contributed by atoms with Crippen LogP contribution in [0.5, 0.6) is 5.75 Å². The zero-order valence-electron chi connectivity index (χ0n) is 10.2. The van der Waals surface area contributed by atoms with Gasteiger partial charge in [0.2, 0.25) is 0 Å². The van der Waals surface area contributed by atoms with Crippen LogP contribution < -0.4 is 5.73 Å². The molecule has 0 radical (unpaired) electrons. The zero-order chi connectivity index (χ0) is 13.4. The Balaban J connectivity index is 2.29. The number of nitrogen functional groups attached to an aromatic ring is 1. The number of hydrogen-bond donors (Lipinski definition) is 3. The third kappa shape index (κ3) is 1.83. The number of aromatic nitrogens is 1. The highest BCUT2D eigenvalue weighted by molar-refractivity contribution is 6.07. The number of hydrogen-bond acceptors (Lipinski definition) is 2. The van der Waals surface area contributed by atoms with Gasteiger partial charge in [-0.1, -0.05) is 18.2 Å². The Labute approximate surface area is 110 Å². The molecule has 0 aliphatic carbocycles. The predicted molar refractivity (Wildman–Crippen MR) is 76.0 cm³/mol. The number of rotatable bonds is 2. The predicted octanol–water partition coefficient (Wildman–Crippen LogP) is 2.62. The Morgan fingerprint density at radius 1 is 1.05 bits per heavy atom. The molecule has 3 rings (SSSR count). The van der Waals surface area contributed by atoms with Gasteiger partial charge in [0.05, 0.1) is 5.52 Å². The van der Waals surface area contributed by atoms with Crippen LogP contribution in [0.1, 0.15) is 5.56 Å². The van der Waals surface area contributed by atoms with Crippen molar-refractivity contribution in [2.24, 2.45) is 5.73 Å². The number of aromatic hydroxyl groups is 1. The number of phenolic OH excluding ortho intramolecular Hbond substituents is 1. The Hall–Kier alpha value is -2.75. The van der Waals surface area contributed by atoms with E-state index in [4.69, 9.17) is 11.1 Å². The van der Waals surface area contributed by atoms with E-state index >= 15 is 0 Å². The van der Waals surface area contributed by atoms with Gasteiger partial charge in [-0.2, -0.15) is 0 Å². The minimum atomic E-state index is 0.0497. The average molecular weight is 251 g/mol. The summed E-state index contributed by atoms with van der Waals surface area (Å²) in [5.74, 6) is 0.278. The summed E-state index contributed by atoms with van der Waals surface area (Å²) in [6.45, 7) is 0. The monoisotopic (exact) mass is 251 g/mol. The first-order valence-electron chi connectivity index (χ1n) is 5.91. The van der Waals surface area contributed by atoms with Gasteiger partial charge in [0.1, 0.15) is 11.6 Å². The maximum atomic E-state index is 9.35. The Bertz CT molecular complexity index is 757. The molecule has 2 aromatic carbocycles. The lowest BCUT2D eigenvalue weighted by atomic mass is 10.1. The van der Waals surface area contributed by atoms with Gasteiger partial charge in [-0.25, -0.2) is 0 Å². The summed E-state index contributed by atoms with van der Waals surface area (Å²) in [5, 5.41) is 17.9. The largest absolute Gasteiger partial charge is 0.508 e. The smallest absolute Gasteiger partial charge is 0.124 e. The number of nitrogens with one attached hydrogen (secondary N) is 1. The summed E-state index contributed by atoms with van der Waals surface area (Å²) < 4.78 is 1.96. The third-order valence-electron chi connectivity index (χ3n) is 3.13. The van der Waals surface area contributed by atoms with E-state index in [2.05, 4.69) is 0 Å². The molecule has 1 heterocycles. The molecule has 0 bridgehead atoms. The Morgan fingerprint density at radius 3 is 2.42 bits per heavy atom. The standard InChI is InChI=1S/C15H13N3O/c16-15(17)13-9-18(10-5-7-11(19)8-6-10)14-4-2-1-3-12(13)14/h1-9,19H,(H3,16,17). The zero-order valence-corrected chi connectivity index (χ0v) is 10.2. The van der Waals surface area contributed by atoms with Gasteiger partial charge in [-0.3, -0.25) is 5.41 Å². The average Bonchev–Trinajstić information content (AvgIpc) is 2.79. The summed E-state index contributed by atoms with van der Waals surface area (Å²) in [4.78, 5) is 0. The minimum absolute atomic E-state index is 0.0497. The van der Waals surface area contributed by atoms with Crippen molar-refractivity contribution in [1.82, 2.24) is 4.57 Å². The molecule has 0 aliphatic heterocycles. The van der Waals surface area contributed by atoms with E-state index in [9.17, 15) is 5.11 Å². The lowest BCUT2D eigenvalue weighted by molar-refractivity contribution is 0.475. The molecule has 19 heavy (non-hydrogen) atoms. The first-order valence-corrected chi connectivity index (χ1v) is 5.91. The number of fused-ring (bicyclic) bond motifs is 1. The van der Waals surface area contributed by atoms with Crippen molar-refractivity contribution >= 4 is 16.7 Å². The first-order chi connectivity index (χ1) is 9.16. The van der Waals surface area contributed by atoms with Gasteiger partial charge in [0.15, 0.2) is 0 Å². The van der Waals surface area contributed by atoms with Crippen molar-refractivity contribution in [1.29, 1.82) is 5.41 Å². The number of nitrogens with two attached hydrogens (primary N) is 1. The van der Waals surface area contributed by atoms with Gasteiger partial charge >= 0.3 is 0 Å². The quantitative estimate of drug-likeness (QED) is 0.483. The van der Waals surface area contributed by atoms with Crippen molar-refractivity contribution in [3.8, 4) is 11.4 Å². The highest BCUT2D eigenvalue weighted by Gasteiger charge is 2.11. The number of phenols is 1. The molecule has 0 atom stereocenters. The second kappa shape index (κ2) is 4.17. The van der Waals surface area contributed by atoms with E-state index in [1.165, 1.54) is 0 Å². The number of nitrogens with zero attached hydrogens (tertiary/aromatic N) is 1. The van der Waals surface area contributed by atoms with Gasteiger partial charge in [-0.15, -0.1) is 0 Å². The van der Waals surface area contributed by atoms with E-state index in [0.29, 0.717) is 5.56 Å². The number of benzene rings is 2. The highest BCUT2D eigenvalue weighted by Crippen LogP contribution is 2.25. The van der Waals surface area contributed by atoms with Gasteiger partial charge in [0, 0.05) is 22.8 Å². The van der Waals surface area contributed by atoms with Crippen LogP contribution in [-0.4, -0.2) is 15.5 Å². The summed E-state index contributed by atoms with van der Waals surface area (Å²) in [7, 11) is 0. The molecule has 4 nitrogen and oxygen atoms in total. The molecule has 4 heteroatoms. The van der Waals surface area contributed by atoms with Crippen LogP contribution >= 0.6 is 0 Å². The molecule has 94 valence electrons. The first kappa shape index (κ1) is 11.3.